The monoisotopic (exact) mass is 170 g/mol. The Bertz CT molecular complexity index is 151. The van der Waals surface area contributed by atoms with Crippen molar-refractivity contribution in [1.82, 2.24) is 4.90 Å². The van der Waals surface area contributed by atoms with Gasteiger partial charge in [0.25, 0.3) is 0 Å². The summed E-state index contributed by atoms with van der Waals surface area (Å²) in [6.07, 6.45) is 0.440. The Morgan fingerprint density at radius 3 is 2.42 bits per heavy atom. The molecule has 0 radical (unpaired) electrons. The summed E-state index contributed by atoms with van der Waals surface area (Å²) < 4.78 is 0. The molecule has 0 fully saturated rings. The lowest BCUT2D eigenvalue weighted by Gasteiger charge is -2.25. The van der Waals surface area contributed by atoms with Gasteiger partial charge in [-0.3, -0.25) is 4.90 Å². The topological polar surface area (TPSA) is 47.3 Å². The highest BCUT2D eigenvalue weighted by Crippen LogP contribution is 2.01. The molecule has 0 aliphatic carbocycles. The maximum absolute atomic E-state index is 9.35. The molecule has 0 aliphatic heterocycles. The van der Waals surface area contributed by atoms with Crippen molar-refractivity contribution in [3.8, 4) is 6.07 Å². The van der Waals surface area contributed by atoms with Gasteiger partial charge in [-0.25, -0.2) is 0 Å². The largest absolute Gasteiger partial charge is 0.392 e. The van der Waals surface area contributed by atoms with Crippen LogP contribution < -0.4 is 0 Å². The van der Waals surface area contributed by atoms with Crippen LogP contribution in [0.1, 0.15) is 27.2 Å². The van der Waals surface area contributed by atoms with Crippen molar-refractivity contribution >= 4 is 0 Å². The Hall–Kier alpha value is -0.590. The highest BCUT2D eigenvalue weighted by atomic mass is 16.3. The van der Waals surface area contributed by atoms with Gasteiger partial charge in [-0.05, 0) is 20.3 Å². The minimum atomic E-state index is -0.305. The quantitative estimate of drug-likeness (QED) is 0.626. The van der Waals surface area contributed by atoms with E-state index in [1.807, 2.05) is 25.7 Å². The summed E-state index contributed by atoms with van der Waals surface area (Å²) in [4.78, 5) is 1.97. The second kappa shape index (κ2) is 5.99. The number of hydrogen-bond donors (Lipinski definition) is 1. The zero-order valence-corrected chi connectivity index (χ0v) is 8.12. The minimum absolute atomic E-state index is 0.305. The van der Waals surface area contributed by atoms with Crippen molar-refractivity contribution < 1.29 is 5.11 Å². The minimum Gasteiger partial charge on any atom is -0.392 e. The molecule has 0 saturated heterocycles. The van der Waals surface area contributed by atoms with E-state index in [1.165, 1.54) is 0 Å². The fourth-order valence-corrected chi connectivity index (χ4v) is 0.949. The van der Waals surface area contributed by atoms with Crippen LogP contribution in [0.4, 0.5) is 0 Å². The summed E-state index contributed by atoms with van der Waals surface area (Å²) in [5, 5.41) is 17.9. The summed E-state index contributed by atoms with van der Waals surface area (Å²) in [5.41, 5.74) is 0. The Morgan fingerprint density at radius 1 is 1.50 bits per heavy atom. The number of aliphatic hydroxyl groups excluding tert-OH is 1. The predicted molar refractivity (Wildman–Crippen MR) is 48.6 cm³/mol. The molecule has 0 aromatic rings. The lowest BCUT2D eigenvalue weighted by atomic mass is 10.2. The normalized spacial score (nSPS) is 13.4. The van der Waals surface area contributed by atoms with E-state index in [0.717, 1.165) is 6.42 Å². The molecule has 0 aromatic heterocycles. The van der Waals surface area contributed by atoms with Gasteiger partial charge in [0, 0.05) is 12.6 Å². The molecule has 0 amide bonds. The first-order valence-electron chi connectivity index (χ1n) is 4.40. The maximum Gasteiger partial charge on any atom is 0.0869 e. The molecule has 0 heterocycles. The van der Waals surface area contributed by atoms with E-state index in [4.69, 9.17) is 5.26 Å². The van der Waals surface area contributed by atoms with E-state index in [1.54, 1.807) is 0 Å². The molecule has 12 heavy (non-hydrogen) atoms. The first-order chi connectivity index (χ1) is 5.61. The summed E-state index contributed by atoms with van der Waals surface area (Å²) in [6.45, 7) is 6.99. The van der Waals surface area contributed by atoms with Gasteiger partial charge < -0.3 is 5.11 Å². The second-order valence-corrected chi connectivity index (χ2v) is 3.24. The van der Waals surface area contributed by atoms with Gasteiger partial charge in [-0.15, -0.1) is 0 Å². The number of hydrogen-bond acceptors (Lipinski definition) is 3. The Morgan fingerprint density at radius 2 is 2.08 bits per heavy atom. The molecule has 1 N–H and O–H groups in total. The fraction of sp³-hybridized carbons (Fsp3) is 0.889. The van der Waals surface area contributed by atoms with E-state index in [0.29, 0.717) is 19.1 Å². The van der Waals surface area contributed by atoms with Crippen LogP contribution in [-0.4, -0.2) is 35.2 Å². The molecule has 0 rings (SSSR count). The lowest BCUT2D eigenvalue weighted by Crippen LogP contribution is -2.37. The van der Waals surface area contributed by atoms with Crippen LogP contribution in [0.15, 0.2) is 0 Å². The van der Waals surface area contributed by atoms with Crippen LogP contribution in [0.3, 0.4) is 0 Å². The molecule has 0 spiro atoms. The third-order valence-electron chi connectivity index (χ3n) is 1.92. The first-order valence-corrected chi connectivity index (χ1v) is 4.40. The fourth-order valence-electron chi connectivity index (χ4n) is 0.949. The summed E-state index contributed by atoms with van der Waals surface area (Å²) in [6, 6.07) is 2.42. The average molecular weight is 170 g/mol. The molecule has 3 nitrogen and oxygen atoms in total. The smallest absolute Gasteiger partial charge is 0.0869 e. The van der Waals surface area contributed by atoms with Gasteiger partial charge in [0.2, 0.25) is 0 Å². The van der Waals surface area contributed by atoms with Crippen molar-refractivity contribution in [2.75, 3.05) is 13.1 Å². The van der Waals surface area contributed by atoms with E-state index in [9.17, 15) is 5.11 Å². The predicted octanol–water partition coefficient (Wildman–Crippen LogP) is 0.991. The van der Waals surface area contributed by atoms with Gasteiger partial charge >= 0.3 is 0 Å². The van der Waals surface area contributed by atoms with E-state index < -0.39 is 0 Å². The third kappa shape index (κ3) is 4.32. The number of nitriles is 1. The average Bonchev–Trinajstić information content (AvgIpc) is 2.03. The Kier molecular flexibility index (Phi) is 5.69. The van der Waals surface area contributed by atoms with Crippen LogP contribution in [-0.2, 0) is 0 Å². The molecule has 0 aromatic carbocycles. The van der Waals surface area contributed by atoms with Crippen LogP contribution in [0.25, 0.3) is 0 Å². The van der Waals surface area contributed by atoms with Crippen molar-refractivity contribution in [3.05, 3.63) is 0 Å². The first kappa shape index (κ1) is 11.4. The molecule has 1 atom stereocenters. The van der Waals surface area contributed by atoms with Crippen molar-refractivity contribution in [2.45, 2.75) is 39.3 Å². The van der Waals surface area contributed by atoms with Gasteiger partial charge in [-0.1, -0.05) is 6.92 Å². The third-order valence-corrected chi connectivity index (χ3v) is 1.92. The zero-order chi connectivity index (χ0) is 9.56. The summed E-state index contributed by atoms with van der Waals surface area (Å²) in [7, 11) is 0. The summed E-state index contributed by atoms with van der Waals surface area (Å²) in [5.74, 6) is 0. The van der Waals surface area contributed by atoms with Crippen LogP contribution in [0, 0.1) is 11.3 Å². The van der Waals surface area contributed by atoms with Crippen molar-refractivity contribution in [3.63, 3.8) is 0 Å². The standard InChI is InChI=1S/C9H18N2O/c1-4-9(12)7-11(6-5-10)8(2)3/h8-9,12H,4,6-7H2,1-3H3. The van der Waals surface area contributed by atoms with Crippen molar-refractivity contribution in [2.24, 2.45) is 0 Å². The summed E-state index contributed by atoms with van der Waals surface area (Å²) >= 11 is 0. The molecule has 70 valence electrons. The number of rotatable bonds is 5. The number of aliphatic hydroxyl groups is 1. The zero-order valence-electron chi connectivity index (χ0n) is 8.12. The van der Waals surface area contributed by atoms with E-state index in [-0.39, 0.29) is 6.10 Å². The van der Waals surface area contributed by atoms with Crippen LogP contribution in [0.5, 0.6) is 0 Å². The van der Waals surface area contributed by atoms with E-state index in [2.05, 4.69) is 6.07 Å². The highest BCUT2D eigenvalue weighted by molar-refractivity contribution is 4.79. The molecule has 0 aliphatic rings. The second-order valence-electron chi connectivity index (χ2n) is 3.24. The molecular formula is C9H18N2O. The van der Waals surface area contributed by atoms with E-state index >= 15 is 0 Å². The van der Waals surface area contributed by atoms with Crippen LogP contribution >= 0.6 is 0 Å². The molecule has 0 saturated carbocycles. The Balaban J connectivity index is 3.88. The van der Waals surface area contributed by atoms with Crippen molar-refractivity contribution in [1.29, 1.82) is 5.26 Å². The van der Waals surface area contributed by atoms with Gasteiger partial charge in [0.15, 0.2) is 0 Å². The van der Waals surface area contributed by atoms with Crippen LogP contribution in [0.2, 0.25) is 0 Å². The molecule has 3 heteroatoms. The lowest BCUT2D eigenvalue weighted by molar-refractivity contribution is 0.101. The van der Waals surface area contributed by atoms with Gasteiger partial charge in [0.1, 0.15) is 0 Å². The van der Waals surface area contributed by atoms with Gasteiger partial charge in [0.05, 0.1) is 18.7 Å². The number of nitrogens with zero attached hydrogens (tertiary/aromatic N) is 2. The Labute approximate surface area is 74.6 Å². The molecule has 0 bridgehead atoms. The highest BCUT2D eigenvalue weighted by Gasteiger charge is 2.12. The maximum atomic E-state index is 9.35. The van der Waals surface area contributed by atoms with Gasteiger partial charge in [-0.2, -0.15) is 5.26 Å². The molecular weight excluding hydrogens is 152 g/mol. The molecule has 1 unspecified atom stereocenters. The SMILES string of the molecule is CCC(O)CN(CC#N)C(C)C.